The van der Waals surface area contributed by atoms with E-state index >= 15 is 0 Å². The number of piperidine rings is 1. The van der Waals surface area contributed by atoms with Crippen LogP contribution >= 0.6 is 0 Å². The van der Waals surface area contributed by atoms with E-state index in [1.807, 2.05) is 28.1 Å². The van der Waals surface area contributed by atoms with Crippen LogP contribution in [0.15, 0.2) is 38.9 Å². The van der Waals surface area contributed by atoms with Crippen molar-refractivity contribution in [2.45, 2.75) is 24.7 Å². The lowest BCUT2D eigenvalue weighted by molar-refractivity contribution is -0.137. The second kappa shape index (κ2) is 8.87. The molecule has 0 aliphatic carbocycles. The number of hydrogen-bond acceptors (Lipinski definition) is 7. The van der Waals surface area contributed by atoms with Gasteiger partial charge < -0.3 is 14.8 Å². The third-order valence-electron chi connectivity index (χ3n) is 6.04. The SMILES string of the molecule is Cc1[nH]c(=O)[nH]c(=O)c1S(=O)(=O)N1CCC(C(=O)N2CCN(c3ccccn3)CC2)CC1. The van der Waals surface area contributed by atoms with Crippen molar-refractivity contribution in [3.05, 3.63) is 50.9 Å². The molecule has 1 amide bonds. The van der Waals surface area contributed by atoms with E-state index in [0.717, 1.165) is 5.82 Å². The van der Waals surface area contributed by atoms with Gasteiger partial charge in [-0.15, -0.1) is 0 Å². The molecule has 32 heavy (non-hydrogen) atoms. The molecule has 0 aromatic carbocycles. The summed E-state index contributed by atoms with van der Waals surface area (Å²) >= 11 is 0. The number of piperazine rings is 1. The topological polar surface area (TPSA) is 140 Å². The molecule has 0 atom stereocenters. The highest BCUT2D eigenvalue weighted by molar-refractivity contribution is 7.89. The van der Waals surface area contributed by atoms with Gasteiger partial charge in [0.2, 0.25) is 15.9 Å². The number of aryl methyl sites for hydroxylation is 1. The average molecular weight is 463 g/mol. The Hall–Kier alpha value is -2.99. The normalized spacial score (nSPS) is 18.7. The zero-order valence-corrected chi connectivity index (χ0v) is 18.6. The molecule has 2 aliphatic rings. The van der Waals surface area contributed by atoms with Crippen LogP contribution < -0.4 is 16.1 Å². The van der Waals surface area contributed by atoms with Gasteiger partial charge in [-0.3, -0.25) is 14.6 Å². The second-order valence-electron chi connectivity index (χ2n) is 8.04. The highest BCUT2D eigenvalue weighted by atomic mass is 32.2. The number of carbonyl (C=O) groups excluding carboxylic acids is 1. The maximum absolute atomic E-state index is 13.0. The number of H-pyrrole nitrogens is 2. The molecule has 11 nitrogen and oxygen atoms in total. The maximum atomic E-state index is 13.0. The fourth-order valence-electron chi connectivity index (χ4n) is 4.33. The highest BCUT2D eigenvalue weighted by Gasteiger charge is 2.36. The Balaban J connectivity index is 1.36. The predicted octanol–water partition coefficient (Wildman–Crippen LogP) is -0.484. The number of aromatic amines is 2. The lowest BCUT2D eigenvalue weighted by Gasteiger charge is -2.38. The molecule has 172 valence electrons. The molecule has 0 unspecified atom stereocenters. The minimum absolute atomic E-state index is 0.00252. The van der Waals surface area contributed by atoms with Crippen molar-refractivity contribution in [2.75, 3.05) is 44.2 Å². The summed E-state index contributed by atoms with van der Waals surface area (Å²) in [5, 5.41) is 0. The van der Waals surface area contributed by atoms with Crippen LogP contribution in [-0.4, -0.2) is 77.8 Å². The molecule has 2 N–H and O–H groups in total. The van der Waals surface area contributed by atoms with E-state index in [2.05, 4.69) is 14.9 Å². The first-order chi connectivity index (χ1) is 15.3. The Morgan fingerprint density at radius 3 is 2.31 bits per heavy atom. The van der Waals surface area contributed by atoms with Gasteiger partial charge in [-0.2, -0.15) is 4.31 Å². The highest BCUT2D eigenvalue weighted by Crippen LogP contribution is 2.25. The quantitative estimate of drug-likeness (QED) is 0.625. The van der Waals surface area contributed by atoms with Gasteiger partial charge >= 0.3 is 5.69 Å². The number of aromatic nitrogens is 3. The van der Waals surface area contributed by atoms with Crippen LogP contribution in [0.5, 0.6) is 0 Å². The molecule has 2 aromatic rings. The fraction of sp³-hybridized carbons (Fsp3) is 0.500. The Bertz CT molecular complexity index is 1190. The summed E-state index contributed by atoms with van der Waals surface area (Å²) in [6.07, 6.45) is 2.52. The molecule has 2 aliphatic heterocycles. The molecule has 0 saturated carbocycles. The summed E-state index contributed by atoms with van der Waals surface area (Å²) < 4.78 is 27.1. The largest absolute Gasteiger partial charge is 0.353 e. The number of nitrogens with one attached hydrogen (secondary N) is 2. The number of nitrogens with zero attached hydrogens (tertiary/aromatic N) is 4. The summed E-state index contributed by atoms with van der Waals surface area (Å²) in [6, 6.07) is 5.75. The van der Waals surface area contributed by atoms with Gasteiger partial charge in [0.25, 0.3) is 5.56 Å². The Morgan fingerprint density at radius 1 is 1.03 bits per heavy atom. The molecule has 0 bridgehead atoms. The van der Waals surface area contributed by atoms with Crippen molar-refractivity contribution in [1.82, 2.24) is 24.2 Å². The van der Waals surface area contributed by atoms with E-state index in [1.54, 1.807) is 6.20 Å². The number of amides is 1. The predicted molar refractivity (Wildman–Crippen MR) is 117 cm³/mol. The first-order valence-corrected chi connectivity index (χ1v) is 12.0. The minimum atomic E-state index is -4.07. The third kappa shape index (κ3) is 4.32. The summed E-state index contributed by atoms with van der Waals surface area (Å²) in [4.78, 5) is 48.6. The second-order valence-corrected chi connectivity index (χ2v) is 9.92. The van der Waals surface area contributed by atoms with E-state index in [9.17, 15) is 22.8 Å². The van der Waals surface area contributed by atoms with Crippen molar-refractivity contribution in [3.8, 4) is 0 Å². The summed E-state index contributed by atoms with van der Waals surface area (Å²) in [6.45, 7) is 4.26. The van der Waals surface area contributed by atoms with Gasteiger partial charge in [0.1, 0.15) is 5.82 Å². The molecule has 2 aromatic heterocycles. The van der Waals surface area contributed by atoms with Gasteiger partial charge in [0, 0.05) is 57.1 Å². The minimum Gasteiger partial charge on any atom is -0.353 e. The molecule has 2 fully saturated rings. The average Bonchev–Trinajstić information content (AvgIpc) is 2.78. The Morgan fingerprint density at radius 2 is 1.72 bits per heavy atom. The standard InChI is InChI=1S/C20H26N6O5S/c1-14-17(18(27)23-20(29)22-14)32(30,31)26-8-5-15(6-9-26)19(28)25-12-10-24(11-13-25)16-4-2-3-7-21-16/h2-4,7,15H,5-6,8-13H2,1H3,(H2,22,23,27,29). The number of anilines is 1. The number of carbonyl (C=O) groups is 1. The van der Waals surface area contributed by atoms with E-state index < -0.39 is 26.2 Å². The van der Waals surface area contributed by atoms with Crippen LogP contribution in [0.4, 0.5) is 5.82 Å². The van der Waals surface area contributed by atoms with Crippen molar-refractivity contribution in [2.24, 2.45) is 5.92 Å². The van der Waals surface area contributed by atoms with Gasteiger partial charge in [0.05, 0.1) is 0 Å². The summed E-state index contributed by atoms with van der Waals surface area (Å²) in [7, 11) is -4.07. The van der Waals surface area contributed by atoms with E-state index in [0.29, 0.717) is 39.0 Å². The van der Waals surface area contributed by atoms with Crippen molar-refractivity contribution >= 4 is 21.7 Å². The van der Waals surface area contributed by atoms with Crippen molar-refractivity contribution < 1.29 is 13.2 Å². The number of rotatable bonds is 4. The smallest absolute Gasteiger partial charge is 0.325 e. The van der Waals surface area contributed by atoms with Crippen LogP contribution in [0.25, 0.3) is 0 Å². The van der Waals surface area contributed by atoms with Crippen molar-refractivity contribution in [1.29, 1.82) is 0 Å². The van der Waals surface area contributed by atoms with Crippen LogP contribution in [-0.2, 0) is 14.8 Å². The zero-order valence-electron chi connectivity index (χ0n) is 17.8. The van der Waals surface area contributed by atoms with Crippen LogP contribution in [0.3, 0.4) is 0 Å². The van der Waals surface area contributed by atoms with Gasteiger partial charge in [-0.1, -0.05) is 6.07 Å². The molecule has 4 rings (SSSR count). The van der Waals surface area contributed by atoms with Crippen LogP contribution in [0.1, 0.15) is 18.5 Å². The Kier molecular flexibility index (Phi) is 6.15. The number of hydrogen-bond donors (Lipinski definition) is 2. The van der Waals surface area contributed by atoms with E-state index in [4.69, 9.17) is 0 Å². The van der Waals surface area contributed by atoms with Crippen LogP contribution in [0.2, 0.25) is 0 Å². The molecule has 2 saturated heterocycles. The first-order valence-electron chi connectivity index (χ1n) is 10.6. The third-order valence-corrected chi connectivity index (χ3v) is 8.09. The summed E-state index contributed by atoms with van der Waals surface area (Å²) in [5.41, 5.74) is -1.68. The molecule has 4 heterocycles. The van der Waals surface area contributed by atoms with Gasteiger partial charge in [-0.05, 0) is 31.9 Å². The van der Waals surface area contributed by atoms with Gasteiger partial charge in [-0.25, -0.2) is 18.2 Å². The molecular weight excluding hydrogens is 436 g/mol. The molecular formula is C20H26N6O5S. The molecule has 0 spiro atoms. The molecule has 12 heteroatoms. The van der Waals surface area contributed by atoms with Crippen LogP contribution in [0, 0.1) is 12.8 Å². The first kappa shape index (κ1) is 22.2. The van der Waals surface area contributed by atoms with E-state index in [-0.39, 0.29) is 30.6 Å². The maximum Gasteiger partial charge on any atom is 0.325 e. The van der Waals surface area contributed by atoms with E-state index in [1.165, 1.54) is 11.2 Å². The zero-order chi connectivity index (χ0) is 22.9. The fourth-order valence-corrected chi connectivity index (χ4v) is 6.00. The Labute approximate surface area is 185 Å². The monoisotopic (exact) mass is 462 g/mol. The van der Waals surface area contributed by atoms with Crippen molar-refractivity contribution in [3.63, 3.8) is 0 Å². The molecule has 0 radical (unpaired) electrons. The summed E-state index contributed by atoms with van der Waals surface area (Å²) in [5.74, 6) is 0.684. The lowest BCUT2D eigenvalue weighted by Crippen LogP contribution is -2.52. The van der Waals surface area contributed by atoms with Gasteiger partial charge in [0.15, 0.2) is 4.90 Å². The number of sulfonamides is 1. The lowest BCUT2D eigenvalue weighted by atomic mass is 9.96. The number of pyridine rings is 1.